The Morgan fingerprint density at radius 3 is 2.71 bits per heavy atom. The van der Waals surface area contributed by atoms with E-state index in [1.807, 2.05) is 26.0 Å². The van der Waals surface area contributed by atoms with Crippen LogP contribution in [0.25, 0.3) is 10.9 Å². The molecule has 0 unspecified atom stereocenters. The highest BCUT2D eigenvalue weighted by Gasteiger charge is 2.23. The minimum Gasteiger partial charge on any atom is -0.481 e. The number of nitrogens with one attached hydrogen (secondary N) is 1. The molecule has 0 spiro atoms. The lowest BCUT2D eigenvalue weighted by Crippen LogP contribution is -2.43. The molecule has 2 rings (SSSR count). The number of rotatable bonds is 5. The molecular weight excluding hydrogens is 268 g/mol. The summed E-state index contributed by atoms with van der Waals surface area (Å²) >= 11 is 0. The molecule has 1 aromatic heterocycles. The Morgan fingerprint density at radius 2 is 2.00 bits per heavy atom. The lowest BCUT2D eigenvalue weighted by atomic mass is 9.97. The standard InChI is InChI=1S/C16H18N2O3/c1-16(2,9-8-14(19)20)18-15(21)12-5-3-7-13-11(12)6-4-10-17-13/h3-7,10H,8-9H2,1-2H3,(H,18,21)(H,19,20). The van der Waals surface area contributed by atoms with Crippen LogP contribution in [0.2, 0.25) is 0 Å². The van der Waals surface area contributed by atoms with Gasteiger partial charge in [0.05, 0.1) is 5.52 Å². The zero-order valence-electron chi connectivity index (χ0n) is 12.1. The number of aliphatic carboxylic acids is 1. The molecule has 0 aliphatic heterocycles. The van der Waals surface area contributed by atoms with Crippen LogP contribution in [0.5, 0.6) is 0 Å². The van der Waals surface area contributed by atoms with Gasteiger partial charge in [0.15, 0.2) is 0 Å². The predicted molar refractivity (Wildman–Crippen MR) is 80.2 cm³/mol. The third-order valence-electron chi connectivity index (χ3n) is 3.31. The van der Waals surface area contributed by atoms with Crippen LogP contribution >= 0.6 is 0 Å². The fourth-order valence-corrected chi connectivity index (χ4v) is 2.16. The second kappa shape index (κ2) is 5.91. The topological polar surface area (TPSA) is 79.3 Å². The summed E-state index contributed by atoms with van der Waals surface area (Å²) in [6.45, 7) is 3.63. The van der Waals surface area contributed by atoms with E-state index in [0.717, 1.165) is 10.9 Å². The summed E-state index contributed by atoms with van der Waals surface area (Å²) in [4.78, 5) is 27.3. The van der Waals surface area contributed by atoms with Crippen molar-refractivity contribution in [3.8, 4) is 0 Å². The molecule has 0 radical (unpaired) electrons. The van der Waals surface area contributed by atoms with Crippen LogP contribution in [0.15, 0.2) is 36.5 Å². The first-order valence-corrected chi connectivity index (χ1v) is 6.77. The molecule has 5 nitrogen and oxygen atoms in total. The van der Waals surface area contributed by atoms with E-state index < -0.39 is 11.5 Å². The van der Waals surface area contributed by atoms with Gasteiger partial charge in [0, 0.05) is 29.1 Å². The summed E-state index contributed by atoms with van der Waals surface area (Å²) in [7, 11) is 0. The largest absolute Gasteiger partial charge is 0.481 e. The number of pyridine rings is 1. The van der Waals surface area contributed by atoms with Gasteiger partial charge in [-0.3, -0.25) is 14.6 Å². The van der Waals surface area contributed by atoms with Gasteiger partial charge in [-0.05, 0) is 38.5 Å². The Labute approximate surface area is 123 Å². The molecule has 2 aromatic rings. The Balaban J connectivity index is 2.21. The quantitative estimate of drug-likeness (QED) is 0.885. The maximum atomic E-state index is 12.4. The number of carbonyl (C=O) groups is 2. The Hall–Kier alpha value is -2.43. The van der Waals surface area contributed by atoms with Gasteiger partial charge >= 0.3 is 5.97 Å². The molecule has 0 saturated heterocycles. The summed E-state index contributed by atoms with van der Waals surface area (Å²) in [6, 6.07) is 9.01. The average molecular weight is 286 g/mol. The summed E-state index contributed by atoms with van der Waals surface area (Å²) in [5.41, 5.74) is 0.720. The van der Waals surface area contributed by atoms with Gasteiger partial charge in [0.2, 0.25) is 0 Å². The molecule has 0 atom stereocenters. The molecule has 0 aliphatic rings. The molecule has 1 heterocycles. The highest BCUT2D eigenvalue weighted by molar-refractivity contribution is 6.06. The number of fused-ring (bicyclic) bond motifs is 1. The van der Waals surface area contributed by atoms with Gasteiger partial charge < -0.3 is 10.4 Å². The van der Waals surface area contributed by atoms with Gasteiger partial charge in [-0.25, -0.2) is 0 Å². The van der Waals surface area contributed by atoms with Crippen molar-refractivity contribution in [2.75, 3.05) is 0 Å². The van der Waals surface area contributed by atoms with E-state index in [-0.39, 0.29) is 12.3 Å². The van der Waals surface area contributed by atoms with Crippen LogP contribution in [0.3, 0.4) is 0 Å². The predicted octanol–water partition coefficient (Wildman–Crippen LogP) is 2.61. The van der Waals surface area contributed by atoms with Crippen LogP contribution in [0.4, 0.5) is 0 Å². The van der Waals surface area contributed by atoms with E-state index in [0.29, 0.717) is 12.0 Å². The lowest BCUT2D eigenvalue weighted by Gasteiger charge is -2.26. The van der Waals surface area contributed by atoms with Crippen LogP contribution in [0.1, 0.15) is 37.0 Å². The van der Waals surface area contributed by atoms with E-state index in [1.54, 1.807) is 24.4 Å². The van der Waals surface area contributed by atoms with Crippen LogP contribution in [0, 0.1) is 0 Å². The molecule has 1 aromatic carbocycles. The molecule has 5 heteroatoms. The molecule has 1 amide bonds. The maximum Gasteiger partial charge on any atom is 0.303 e. The Bertz CT molecular complexity index is 675. The number of hydrogen-bond acceptors (Lipinski definition) is 3. The molecule has 0 saturated carbocycles. The highest BCUT2D eigenvalue weighted by atomic mass is 16.4. The molecular formula is C16H18N2O3. The van der Waals surface area contributed by atoms with Crippen LogP contribution < -0.4 is 5.32 Å². The summed E-state index contributed by atoms with van der Waals surface area (Å²) in [5.74, 6) is -1.09. The SMILES string of the molecule is CC(C)(CCC(=O)O)NC(=O)c1cccc2ncccc12. The highest BCUT2D eigenvalue weighted by Crippen LogP contribution is 2.18. The fraction of sp³-hybridized carbons (Fsp3) is 0.312. The number of amides is 1. The van der Waals surface area contributed by atoms with Crippen molar-refractivity contribution in [1.82, 2.24) is 10.3 Å². The lowest BCUT2D eigenvalue weighted by molar-refractivity contribution is -0.137. The number of aromatic nitrogens is 1. The second-order valence-corrected chi connectivity index (χ2v) is 5.61. The maximum absolute atomic E-state index is 12.4. The third kappa shape index (κ3) is 3.78. The summed E-state index contributed by atoms with van der Waals surface area (Å²) in [5, 5.41) is 12.4. The van der Waals surface area contributed by atoms with Crippen molar-refractivity contribution in [2.24, 2.45) is 0 Å². The summed E-state index contributed by atoms with van der Waals surface area (Å²) < 4.78 is 0. The first kappa shape index (κ1) is 15.0. The van der Waals surface area contributed by atoms with Crippen molar-refractivity contribution in [2.45, 2.75) is 32.2 Å². The van der Waals surface area contributed by atoms with E-state index in [9.17, 15) is 9.59 Å². The zero-order chi connectivity index (χ0) is 15.5. The first-order valence-electron chi connectivity index (χ1n) is 6.77. The van der Waals surface area contributed by atoms with E-state index >= 15 is 0 Å². The van der Waals surface area contributed by atoms with Crippen molar-refractivity contribution in [1.29, 1.82) is 0 Å². The Morgan fingerprint density at radius 1 is 1.24 bits per heavy atom. The van der Waals surface area contributed by atoms with Gasteiger partial charge in [-0.1, -0.05) is 12.1 Å². The minimum absolute atomic E-state index is 0.0182. The van der Waals surface area contributed by atoms with Crippen LogP contribution in [-0.2, 0) is 4.79 Å². The normalized spacial score (nSPS) is 11.3. The molecule has 21 heavy (non-hydrogen) atoms. The van der Waals surface area contributed by atoms with Gasteiger partial charge in [0.1, 0.15) is 0 Å². The number of nitrogens with zero attached hydrogens (tertiary/aromatic N) is 1. The first-order chi connectivity index (χ1) is 9.89. The van der Waals surface area contributed by atoms with Gasteiger partial charge in [0.25, 0.3) is 5.91 Å². The van der Waals surface area contributed by atoms with Crippen molar-refractivity contribution in [3.05, 3.63) is 42.1 Å². The minimum atomic E-state index is -0.869. The van der Waals surface area contributed by atoms with E-state index in [2.05, 4.69) is 10.3 Å². The monoisotopic (exact) mass is 286 g/mol. The van der Waals surface area contributed by atoms with Gasteiger partial charge in [-0.15, -0.1) is 0 Å². The second-order valence-electron chi connectivity index (χ2n) is 5.61. The van der Waals surface area contributed by atoms with E-state index in [4.69, 9.17) is 5.11 Å². The number of carbonyl (C=O) groups excluding carboxylic acids is 1. The molecule has 0 aliphatic carbocycles. The molecule has 0 fully saturated rings. The smallest absolute Gasteiger partial charge is 0.303 e. The third-order valence-corrected chi connectivity index (χ3v) is 3.31. The van der Waals surface area contributed by atoms with Crippen molar-refractivity contribution in [3.63, 3.8) is 0 Å². The van der Waals surface area contributed by atoms with Crippen molar-refractivity contribution >= 4 is 22.8 Å². The molecule has 2 N–H and O–H groups in total. The van der Waals surface area contributed by atoms with Crippen molar-refractivity contribution < 1.29 is 14.7 Å². The number of benzene rings is 1. The number of hydrogen-bond donors (Lipinski definition) is 2. The fourth-order valence-electron chi connectivity index (χ4n) is 2.16. The summed E-state index contributed by atoms with van der Waals surface area (Å²) in [6.07, 6.45) is 2.07. The zero-order valence-corrected chi connectivity index (χ0v) is 12.1. The average Bonchev–Trinajstić information content (AvgIpc) is 2.44. The molecule has 0 bridgehead atoms. The van der Waals surface area contributed by atoms with E-state index in [1.165, 1.54) is 0 Å². The van der Waals surface area contributed by atoms with Crippen LogP contribution in [-0.4, -0.2) is 27.5 Å². The molecule has 110 valence electrons. The van der Waals surface area contributed by atoms with Gasteiger partial charge in [-0.2, -0.15) is 0 Å². The number of carboxylic acids is 1. The number of carboxylic acid groups (broad SMARTS) is 1. The Kier molecular flexibility index (Phi) is 4.21.